The molecule has 3 heterocycles. The van der Waals surface area contributed by atoms with Gasteiger partial charge in [-0.2, -0.15) is 0 Å². The number of alkyl halides is 2. The molecule has 1 aliphatic heterocycles. The molecule has 17 heteroatoms. The summed E-state index contributed by atoms with van der Waals surface area (Å²) in [6.07, 6.45) is 9.47. The molecule has 0 saturated carbocycles. The molecule has 0 radical (unpaired) electrons. The minimum absolute atomic E-state index is 0. The average molecular weight is 838 g/mol. The number of ether oxygens (including phenoxy) is 1. The monoisotopic (exact) mass is 836 g/mol. The number of hydrogen-bond acceptors (Lipinski definition) is 14. The number of aldehydes is 1. The van der Waals surface area contributed by atoms with Crippen LogP contribution in [0.4, 0.5) is 4.39 Å². The second-order valence-corrected chi connectivity index (χ2v) is 12.1. The van der Waals surface area contributed by atoms with E-state index in [4.69, 9.17) is 52.6 Å². The normalized spacial score (nSPS) is 11.2. The van der Waals surface area contributed by atoms with E-state index in [-0.39, 0.29) is 37.6 Å². The number of carbonyl (C=O) groups is 1. The van der Waals surface area contributed by atoms with E-state index in [9.17, 15) is 9.18 Å². The maximum atomic E-state index is 9.96. The second-order valence-electron chi connectivity index (χ2n) is 11.2. The van der Waals surface area contributed by atoms with Crippen LogP contribution in [0.15, 0.2) is 31.5 Å². The van der Waals surface area contributed by atoms with Gasteiger partial charge in [0.15, 0.2) is 5.76 Å². The third-order valence-corrected chi connectivity index (χ3v) is 5.82. The van der Waals surface area contributed by atoms with Gasteiger partial charge in [-0.1, -0.05) is 126 Å². The molecule has 0 bridgehead atoms. The summed E-state index contributed by atoms with van der Waals surface area (Å²) in [6.45, 7) is 21.3. The molecule has 7 N–H and O–H groups in total. The number of nitrogens with two attached hydrogens (primary N) is 1. The average Bonchev–Trinajstić information content (AvgIpc) is 3.94. The molecule has 0 aromatic carbocycles. The van der Waals surface area contributed by atoms with Gasteiger partial charge in [-0.3, -0.25) is 4.39 Å². The predicted molar refractivity (Wildman–Crippen MR) is 211 cm³/mol. The largest absolute Gasteiger partial charge is 0.411 e. The van der Waals surface area contributed by atoms with Crippen LogP contribution >= 0.6 is 27.5 Å². The van der Waals surface area contributed by atoms with Crippen molar-refractivity contribution in [1.82, 2.24) is 10.3 Å². The molecule has 308 valence electrons. The summed E-state index contributed by atoms with van der Waals surface area (Å²) in [4.78, 5) is 9.50. The van der Waals surface area contributed by atoms with E-state index in [1.807, 2.05) is 67.4 Å². The number of hydrogen-bond donors (Lipinski definition) is 6. The summed E-state index contributed by atoms with van der Waals surface area (Å²) in [5, 5.41) is 52.7. The Kier molecular flexibility index (Phi) is 59.0. The van der Waals surface area contributed by atoms with Crippen molar-refractivity contribution in [2.24, 2.45) is 34.0 Å². The van der Waals surface area contributed by atoms with Crippen molar-refractivity contribution >= 4 is 45.2 Å². The van der Waals surface area contributed by atoms with Crippen LogP contribution in [0.1, 0.15) is 126 Å². The van der Waals surface area contributed by atoms with Crippen LogP contribution < -0.4 is 5.90 Å². The van der Waals surface area contributed by atoms with Crippen LogP contribution in [0.2, 0.25) is 0 Å². The molecule has 52 heavy (non-hydrogen) atoms. The van der Waals surface area contributed by atoms with Gasteiger partial charge in [0.05, 0.1) is 25.2 Å². The van der Waals surface area contributed by atoms with Crippen LogP contribution in [-0.4, -0.2) is 80.8 Å². The van der Waals surface area contributed by atoms with Crippen molar-refractivity contribution in [2.75, 3.05) is 27.0 Å². The SMILES string of the molecule is C.C#CCO.C1CCOC1.CC(C)/C(Cl)=N/O.CC(C)/C=N/O.CC(C)C=O.CC(C)c1cc(CBr)on1.CC(C)c1cc(CO)on1.NO.[2H]CF. The number of aliphatic hydroxyl groups excluding tert-OH is 2. The van der Waals surface area contributed by atoms with Crippen LogP contribution in [0.5, 0.6) is 0 Å². The molecular weight excluding hydrogens is 769 g/mol. The Morgan fingerprint density at radius 1 is 1.00 bits per heavy atom. The first kappa shape index (κ1) is 61.1. The van der Waals surface area contributed by atoms with E-state index in [0.29, 0.717) is 23.5 Å². The molecule has 2 aromatic heterocycles. The van der Waals surface area contributed by atoms with Gasteiger partial charge in [-0.15, -0.1) is 11.6 Å². The fourth-order valence-corrected chi connectivity index (χ4v) is 2.36. The van der Waals surface area contributed by atoms with Crippen LogP contribution in [0.3, 0.4) is 0 Å². The number of aliphatic hydroxyl groups is 2. The van der Waals surface area contributed by atoms with Crippen molar-refractivity contribution in [3.8, 4) is 12.3 Å². The van der Waals surface area contributed by atoms with E-state index in [1.165, 1.54) is 19.1 Å². The summed E-state index contributed by atoms with van der Waals surface area (Å²) in [5.74, 6) is 8.42. The Hall–Kier alpha value is -2.91. The molecule has 2 aromatic rings. The smallest absolute Gasteiger partial charge is 0.162 e. The highest BCUT2D eigenvalue weighted by molar-refractivity contribution is 9.08. The van der Waals surface area contributed by atoms with Gasteiger partial charge in [-0.25, -0.2) is 5.90 Å². The maximum Gasteiger partial charge on any atom is 0.162 e. The number of oxime groups is 2. The summed E-state index contributed by atoms with van der Waals surface area (Å²) >= 11 is 8.59. The van der Waals surface area contributed by atoms with Gasteiger partial charge >= 0.3 is 0 Å². The predicted octanol–water partition coefficient (Wildman–Crippen LogP) is 8.56. The standard InChI is InChI=1S/C7H10BrNO.C7H11NO2.C4H8ClNO.C4H9NO.2C4H8O.C3H4O.CH3F.CH4.H3NO/c1-5(2)7-3-6(4-8)10-9-7;1-5(2)7-3-6(4-9)10-8-7;1-3(2)4(5)6-7;1-4(2)3-5-6;1-2-4-5-3-1;1-4(2)3-5;1-2-3-4;1-2;;1-2/h3,5H,4H2,1-2H3;3,5,9H,4H2,1-2H3;3,7H,1-2H3;3-4,6H,1-2H3;1-4H2;3-4H,1-2H3;1,4H,3H2;1H3;1H4;2H,1H2/b;;6-4-;5-3+;;;;;;/i;;;;;;;1D;;. The van der Waals surface area contributed by atoms with Gasteiger partial charge in [-0.05, 0) is 30.6 Å². The molecule has 0 unspecified atom stereocenters. The van der Waals surface area contributed by atoms with Crippen molar-refractivity contribution in [2.45, 2.75) is 113 Å². The zero-order valence-corrected chi connectivity index (χ0v) is 34.1. The van der Waals surface area contributed by atoms with E-state index in [2.05, 4.69) is 62.7 Å². The fourth-order valence-electron chi connectivity index (χ4n) is 2.10. The third-order valence-electron chi connectivity index (χ3n) is 4.75. The summed E-state index contributed by atoms with van der Waals surface area (Å²) in [5.41, 5.74) is 1.92. The second kappa shape index (κ2) is 50.2. The van der Waals surface area contributed by atoms with Crippen LogP contribution in [-0.2, 0) is 21.5 Å². The highest BCUT2D eigenvalue weighted by Gasteiger charge is 2.06. The maximum absolute atomic E-state index is 9.96. The first-order chi connectivity index (χ1) is 24.5. The Morgan fingerprint density at radius 3 is 1.50 bits per heavy atom. The number of rotatable bonds is 7. The van der Waals surface area contributed by atoms with E-state index in [1.54, 1.807) is 6.07 Å². The van der Waals surface area contributed by atoms with Gasteiger partial charge in [0.2, 0.25) is 0 Å². The van der Waals surface area contributed by atoms with E-state index >= 15 is 0 Å². The van der Waals surface area contributed by atoms with Crippen molar-refractivity contribution in [3.05, 3.63) is 35.0 Å². The number of nitrogens with zero attached hydrogens (tertiary/aromatic N) is 4. The lowest BCUT2D eigenvalue weighted by atomic mass is 10.1. The zero-order chi connectivity index (χ0) is 41.9. The molecule has 0 amide bonds. The Labute approximate surface area is 326 Å². The topological polar surface area (TPSA) is 230 Å². The minimum atomic E-state index is -1.00. The molecule has 0 atom stereocenters. The van der Waals surface area contributed by atoms with Crippen LogP contribution in [0.25, 0.3) is 0 Å². The molecule has 1 aliphatic rings. The molecule has 1 fully saturated rings. The first-order valence-electron chi connectivity index (χ1n) is 16.5. The van der Waals surface area contributed by atoms with Gasteiger partial charge in [0.1, 0.15) is 30.4 Å². The molecule has 0 spiro atoms. The first-order valence-corrected chi connectivity index (χ1v) is 17.3. The highest BCUT2D eigenvalue weighted by atomic mass is 79.9. The third kappa shape index (κ3) is 51.5. The van der Waals surface area contributed by atoms with Gasteiger partial charge < -0.3 is 44.4 Å². The number of aromatic nitrogens is 2. The van der Waals surface area contributed by atoms with E-state index < -0.39 is 7.15 Å². The Bertz CT molecular complexity index is 1040. The molecule has 1 saturated heterocycles. The zero-order valence-electron chi connectivity index (χ0n) is 32.8. The summed E-state index contributed by atoms with van der Waals surface area (Å²) < 4.78 is 30.2. The highest BCUT2D eigenvalue weighted by Crippen LogP contribution is 2.15. The van der Waals surface area contributed by atoms with Gasteiger partial charge in [0.25, 0.3) is 0 Å². The Balaban J connectivity index is -0.0000000929. The molecule has 0 aliphatic carbocycles. The van der Waals surface area contributed by atoms with Crippen molar-refractivity contribution < 1.29 is 50.2 Å². The quantitative estimate of drug-likeness (QED) is 0.0385. The van der Waals surface area contributed by atoms with Crippen molar-refractivity contribution in [3.63, 3.8) is 0 Å². The lowest BCUT2D eigenvalue weighted by Gasteiger charge is -1.94. The minimum Gasteiger partial charge on any atom is -0.411 e. The molecule has 3 rings (SSSR count). The van der Waals surface area contributed by atoms with Crippen molar-refractivity contribution in [1.29, 1.82) is 0 Å². The van der Waals surface area contributed by atoms with Gasteiger partial charge in [0, 0.05) is 43.4 Å². The molecule has 14 nitrogen and oxygen atoms in total. The lowest BCUT2D eigenvalue weighted by molar-refractivity contribution is -0.110. The number of carbonyl (C=O) groups excluding carboxylic acids is 1. The summed E-state index contributed by atoms with van der Waals surface area (Å²) in [6, 6.07) is 3.74. The number of terminal acetylenes is 1. The lowest BCUT2D eigenvalue weighted by Crippen LogP contribution is -1.96. The molecular formula is C35H68BrClFN5O9. The summed E-state index contributed by atoms with van der Waals surface area (Å²) in [7, 11) is -1.00. The Morgan fingerprint density at radius 2 is 1.38 bits per heavy atom. The number of halogens is 3. The van der Waals surface area contributed by atoms with Crippen LogP contribution in [0, 0.1) is 30.1 Å². The fraction of sp³-hybridized carbons (Fsp3) is 0.686. The van der Waals surface area contributed by atoms with E-state index in [0.717, 1.165) is 42.0 Å².